The maximum Gasteiger partial charge on any atom is 0.249 e. The van der Waals surface area contributed by atoms with Gasteiger partial charge in [0, 0.05) is 12.2 Å². The monoisotopic (exact) mass is 349 g/mol. The first-order chi connectivity index (χ1) is 11.4. The number of aromatic nitrogens is 1. The van der Waals surface area contributed by atoms with Crippen LogP contribution < -0.4 is 5.32 Å². The molecule has 2 aromatic rings. The number of aryl methyl sites for hydroxylation is 2. The molecule has 1 fully saturated rings. The molecule has 1 amide bonds. The van der Waals surface area contributed by atoms with Gasteiger partial charge in [-0.05, 0) is 38.8 Å². The molecule has 1 aliphatic heterocycles. The smallest absolute Gasteiger partial charge is 0.249 e. The molecule has 1 unspecified atom stereocenters. The first-order valence-corrected chi connectivity index (χ1v) is 9.16. The van der Waals surface area contributed by atoms with Crippen LogP contribution >= 0.6 is 0 Å². The molecule has 1 N–H and O–H groups in total. The molecule has 0 saturated carbocycles. The first-order valence-electron chi connectivity index (χ1n) is 7.72. The molecule has 7 nitrogen and oxygen atoms in total. The Morgan fingerprint density at radius 2 is 2.00 bits per heavy atom. The number of rotatable bonds is 4. The summed E-state index contributed by atoms with van der Waals surface area (Å²) in [6, 6.07) is 8.26. The van der Waals surface area contributed by atoms with Crippen LogP contribution in [0.5, 0.6) is 0 Å². The molecule has 1 aliphatic rings. The van der Waals surface area contributed by atoms with Gasteiger partial charge in [0.05, 0.1) is 0 Å². The number of anilines is 1. The molecule has 3 rings (SSSR count). The summed E-state index contributed by atoms with van der Waals surface area (Å²) < 4.78 is 32.1. The van der Waals surface area contributed by atoms with E-state index in [9.17, 15) is 13.2 Å². The lowest BCUT2D eigenvalue weighted by molar-refractivity contribution is -0.119. The lowest BCUT2D eigenvalue weighted by Crippen LogP contribution is -2.43. The van der Waals surface area contributed by atoms with Crippen LogP contribution in [-0.4, -0.2) is 36.4 Å². The maximum atomic E-state index is 13.0. The van der Waals surface area contributed by atoms with E-state index in [4.69, 9.17) is 4.52 Å². The van der Waals surface area contributed by atoms with Crippen molar-refractivity contribution in [2.24, 2.45) is 0 Å². The molecule has 128 valence electrons. The van der Waals surface area contributed by atoms with Crippen LogP contribution in [0.25, 0.3) is 0 Å². The highest BCUT2D eigenvalue weighted by Gasteiger charge is 2.41. The SMILES string of the molecule is Cc1noc(C)c1S(=O)(=O)N1CCCC1C(=O)Nc1ccccc1. The van der Waals surface area contributed by atoms with E-state index in [1.54, 1.807) is 26.0 Å². The van der Waals surface area contributed by atoms with Gasteiger partial charge in [0.1, 0.15) is 16.6 Å². The van der Waals surface area contributed by atoms with E-state index in [0.29, 0.717) is 30.8 Å². The fourth-order valence-corrected chi connectivity index (χ4v) is 4.95. The van der Waals surface area contributed by atoms with E-state index in [-0.39, 0.29) is 16.6 Å². The van der Waals surface area contributed by atoms with Crippen LogP contribution in [-0.2, 0) is 14.8 Å². The molecule has 0 spiro atoms. The lowest BCUT2D eigenvalue weighted by Gasteiger charge is -2.23. The second-order valence-electron chi connectivity index (χ2n) is 5.78. The largest absolute Gasteiger partial charge is 0.360 e. The van der Waals surface area contributed by atoms with Crippen molar-refractivity contribution in [3.05, 3.63) is 41.8 Å². The Morgan fingerprint density at radius 1 is 1.29 bits per heavy atom. The van der Waals surface area contributed by atoms with Crippen molar-refractivity contribution in [3.8, 4) is 0 Å². The second-order valence-corrected chi connectivity index (χ2v) is 7.61. The zero-order valence-corrected chi connectivity index (χ0v) is 14.3. The van der Waals surface area contributed by atoms with E-state index in [1.807, 2.05) is 18.2 Å². The topological polar surface area (TPSA) is 92.5 Å². The highest BCUT2D eigenvalue weighted by atomic mass is 32.2. The van der Waals surface area contributed by atoms with Gasteiger partial charge in [-0.2, -0.15) is 4.31 Å². The molecular weight excluding hydrogens is 330 g/mol. The Labute approximate surface area is 140 Å². The summed E-state index contributed by atoms with van der Waals surface area (Å²) in [6.45, 7) is 3.44. The number of carbonyl (C=O) groups is 1. The van der Waals surface area contributed by atoms with Crippen LogP contribution in [0, 0.1) is 13.8 Å². The third-order valence-electron chi connectivity index (χ3n) is 4.08. The molecule has 24 heavy (non-hydrogen) atoms. The van der Waals surface area contributed by atoms with Crippen LogP contribution in [0.1, 0.15) is 24.3 Å². The van der Waals surface area contributed by atoms with Gasteiger partial charge in [-0.1, -0.05) is 23.4 Å². The van der Waals surface area contributed by atoms with Crippen molar-refractivity contribution >= 4 is 21.6 Å². The van der Waals surface area contributed by atoms with Crippen LogP contribution in [0.2, 0.25) is 0 Å². The molecule has 0 radical (unpaired) electrons. The molecule has 1 saturated heterocycles. The number of hydrogen-bond donors (Lipinski definition) is 1. The van der Waals surface area contributed by atoms with Crippen LogP contribution in [0.15, 0.2) is 39.8 Å². The Bertz CT molecular complexity index is 826. The summed E-state index contributed by atoms with van der Waals surface area (Å²) in [5.41, 5.74) is 0.950. The van der Waals surface area contributed by atoms with Gasteiger partial charge in [0.25, 0.3) is 0 Å². The molecule has 2 heterocycles. The molecule has 0 aliphatic carbocycles. The molecule has 8 heteroatoms. The average molecular weight is 349 g/mol. The van der Waals surface area contributed by atoms with Gasteiger partial charge in [-0.25, -0.2) is 8.42 Å². The van der Waals surface area contributed by atoms with Crippen molar-refractivity contribution in [1.29, 1.82) is 0 Å². The Hall–Kier alpha value is -2.19. The van der Waals surface area contributed by atoms with E-state index >= 15 is 0 Å². The predicted molar refractivity (Wildman–Crippen MR) is 88.0 cm³/mol. The molecule has 1 aromatic heterocycles. The van der Waals surface area contributed by atoms with Crippen molar-refractivity contribution < 1.29 is 17.7 Å². The normalized spacial score (nSPS) is 18.7. The molecule has 1 atom stereocenters. The quantitative estimate of drug-likeness (QED) is 0.912. The zero-order chi connectivity index (χ0) is 17.3. The Balaban J connectivity index is 1.86. The third-order valence-corrected chi connectivity index (χ3v) is 6.24. The van der Waals surface area contributed by atoms with Crippen molar-refractivity contribution in [2.45, 2.75) is 37.6 Å². The number of para-hydroxylation sites is 1. The van der Waals surface area contributed by atoms with Gasteiger partial charge < -0.3 is 9.84 Å². The lowest BCUT2D eigenvalue weighted by atomic mass is 10.2. The fourth-order valence-electron chi connectivity index (χ4n) is 3.00. The van der Waals surface area contributed by atoms with E-state index in [1.165, 1.54) is 4.31 Å². The Morgan fingerprint density at radius 3 is 2.62 bits per heavy atom. The third kappa shape index (κ3) is 2.94. The molecule has 1 aromatic carbocycles. The number of benzene rings is 1. The number of sulfonamides is 1. The number of nitrogens with one attached hydrogen (secondary N) is 1. The number of hydrogen-bond acceptors (Lipinski definition) is 5. The Kier molecular flexibility index (Phi) is 4.42. The maximum absolute atomic E-state index is 13.0. The van der Waals surface area contributed by atoms with Crippen LogP contribution in [0.3, 0.4) is 0 Å². The van der Waals surface area contributed by atoms with Gasteiger partial charge in [0.15, 0.2) is 5.76 Å². The minimum Gasteiger partial charge on any atom is -0.360 e. The summed E-state index contributed by atoms with van der Waals surface area (Å²) >= 11 is 0. The van der Waals surface area contributed by atoms with Gasteiger partial charge >= 0.3 is 0 Å². The van der Waals surface area contributed by atoms with Crippen molar-refractivity contribution in [1.82, 2.24) is 9.46 Å². The summed E-state index contributed by atoms with van der Waals surface area (Å²) in [5.74, 6) is -0.0874. The van der Waals surface area contributed by atoms with E-state index < -0.39 is 16.1 Å². The number of amides is 1. The van der Waals surface area contributed by atoms with Crippen molar-refractivity contribution in [2.75, 3.05) is 11.9 Å². The number of carbonyl (C=O) groups excluding carboxylic acids is 1. The zero-order valence-electron chi connectivity index (χ0n) is 13.5. The highest BCUT2D eigenvalue weighted by Crippen LogP contribution is 2.30. The summed E-state index contributed by atoms with van der Waals surface area (Å²) in [5, 5.41) is 6.49. The highest BCUT2D eigenvalue weighted by molar-refractivity contribution is 7.89. The van der Waals surface area contributed by atoms with Crippen LogP contribution in [0.4, 0.5) is 5.69 Å². The molecular formula is C16H19N3O4S. The standard InChI is InChI=1S/C16H19N3O4S/c1-11-15(12(2)23-18-11)24(21,22)19-10-6-9-14(19)16(20)17-13-7-4-3-5-8-13/h3-5,7-8,14H,6,9-10H2,1-2H3,(H,17,20). The van der Waals surface area contributed by atoms with E-state index in [0.717, 1.165) is 0 Å². The predicted octanol–water partition coefficient (Wildman–Crippen LogP) is 2.08. The van der Waals surface area contributed by atoms with Gasteiger partial charge in [-0.15, -0.1) is 0 Å². The molecule has 0 bridgehead atoms. The average Bonchev–Trinajstić information content (AvgIpc) is 3.16. The van der Waals surface area contributed by atoms with E-state index in [2.05, 4.69) is 10.5 Å². The van der Waals surface area contributed by atoms with Gasteiger partial charge in [0.2, 0.25) is 15.9 Å². The summed E-state index contributed by atoms with van der Waals surface area (Å²) in [6.07, 6.45) is 1.12. The minimum absolute atomic E-state index is 0.0573. The van der Waals surface area contributed by atoms with Crippen molar-refractivity contribution in [3.63, 3.8) is 0 Å². The second kappa shape index (κ2) is 6.37. The van der Waals surface area contributed by atoms with Gasteiger partial charge in [-0.3, -0.25) is 4.79 Å². The fraction of sp³-hybridized carbons (Fsp3) is 0.375. The summed E-state index contributed by atoms with van der Waals surface area (Å²) in [7, 11) is -3.83. The summed E-state index contributed by atoms with van der Waals surface area (Å²) in [4.78, 5) is 12.6. The first kappa shape index (κ1) is 16.7. The number of nitrogens with zero attached hydrogens (tertiary/aromatic N) is 2. The minimum atomic E-state index is -3.83.